The highest BCUT2D eigenvalue weighted by atomic mass is 127. The molecule has 0 unspecified atom stereocenters. The van der Waals surface area contributed by atoms with Gasteiger partial charge in [-0.25, -0.2) is 4.79 Å². The minimum absolute atomic E-state index is 0.145. The van der Waals surface area contributed by atoms with Crippen molar-refractivity contribution in [2.45, 2.75) is 32.5 Å². The number of carbonyl (C=O) groups excluding carboxylic acids is 2. The van der Waals surface area contributed by atoms with Crippen molar-refractivity contribution in [1.29, 1.82) is 0 Å². The van der Waals surface area contributed by atoms with E-state index in [-0.39, 0.29) is 9.13 Å². The van der Waals surface area contributed by atoms with Crippen LogP contribution >= 0.6 is 45.2 Å². The van der Waals surface area contributed by atoms with Crippen molar-refractivity contribution in [3.05, 3.63) is 24.8 Å². The molecule has 9 heteroatoms. The summed E-state index contributed by atoms with van der Waals surface area (Å²) in [7, 11) is 0. The molecule has 122 valence electrons. The summed E-state index contributed by atoms with van der Waals surface area (Å²) in [5, 5.41) is 10.4. The summed E-state index contributed by atoms with van der Waals surface area (Å²) in [5.41, 5.74) is -1.13. The number of carboxylic acid groups (broad SMARTS) is 1. The summed E-state index contributed by atoms with van der Waals surface area (Å²) in [5.74, 6) is -4.16. The van der Waals surface area contributed by atoms with E-state index in [0.29, 0.717) is 3.57 Å². The van der Waals surface area contributed by atoms with Gasteiger partial charge in [-0.1, -0.05) is 0 Å². The van der Waals surface area contributed by atoms with E-state index in [4.69, 9.17) is 4.74 Å². The summed E-state index contributed by atoms with van der Waals surface area (Å²) < 4.78 is 36.5. The Hall–Kier alpha value is -0.720. The summed E-state index contributed by atoms with van der Waals surface area (Å²) >= 11 is 3.55. The molecule has 1 rings (SSSR count). The van der Waals surface area contributed by atoms with Gasteiger partial charge in [-0.2, -0.15) is 8.78 Å². The molecule has 0 aliphatic carbocycles. The summed E-state index contributed by atoms with van der Waals surface area (Å²) in [6.07, 6.45) is -4.57. The number of carbonyl (C=O) groups is 2. The van der Waals surface area contributed by atoms with Gasteiger partial charge in [0.25, 0.3) is 0 Å². The molecule has 0 saturated carbocycles. The molecule has 1 aromatic rings. The molecule has 0 saturated heterocycles. The Morgan fingerprint density at radius 1 is 1.18 bits per heavy atom. The summed E-state index contributed by atoms with van der Waals surface area (Å²) in [4.78, 5) is 22.5. The van der Waals surface area contributed by atoms with E-state index in [1.807, 2.05) is 22.6 Å². The van der Waals surface area contributed by atoms with Crippen LogP contribution in [-0.2, 0) is 9.53 Å². The van der Waals surface area contributed by atoms with E-state index in [1.165, 1.54) is 12.1 Å². The van der Waals surface area contributed by atoms with Crippen LogP contribution in [0.1, 0.15) is 31.1 Å². The predicted molar refractivity (Wildman–Crippen MR) is 87.6 cm³/mol. The molecule has 22 heavy (non-hydrogen) atoms. The minimum Gasteiger partial charge on any atom is -0.541 e. The molecule has 1 aromatic carbocycles. The van der Waals surface area contributed by atoms with Crippen molar-refractivity contribution in [2.24, 2.45) is 0 Å². The van der Waals surface area contributed by atoms with Crippen molar-refractivity contribution in [2.75, 3.05) is 0 Å². The van der Waals surface area contributed by atoms with Gasteiger partial charge in [0.05, 0.1) is 3.57 Å². The first-order valence-electron chi connectivity index (χ1n) is 5.84. The number of aliphatic carboxylic acids is 1. The topological polar surface area (TPSA) is 75.7 Å². The maximum absolute atomic E-state index is 13.3. The number of ether oxygens (including phenoxy) is 2. The molecule has 0 fully saturated rings. The second-order valence-corrected chi connectivity index (χ2v) is 7.58. The third kappa shape index (κ3) is 5.18. The molecular weight excluding hydrogens is 528 g/mol. The van der Waals surface area contributed by atoms with Crippen molar-refractivity contribution in [3.8, 4) is 5.75 Å². The highest BCUT2D eigenvalue weighted by molar-refractivity contribution is 14.1. The number of carboxylic acids is 1. The first-order chi connectivity index (χ1) is 9.83. The first-order valence-corrected chi connectivity index (χ1v) is 8.00. The molecule has 0 bridgehead atoms. The molecule has 0 atom stereocenters. The molecule has 0 aliphatic rings. The average Bonchev–Trinajstić information content (AvgIpc) is 2.29. The molecule has 0 N–H and O–H groups in total. The van der Waals surface area contributed by atoms with Gasteiger partial charge >= 0.3 is 12.1 Å². The zero-order chi connectivity index (χ0) is 17.3. The zero-order valence-electron chi connectivity index (χ0n) is 11.7. The number of hydrogen-bond donors (Lipinski definition) is 0. The van der Waals surface area contributed by atoms with Gasteiger partial charge in [-0.3, -0.25) is 0 Å². The van der Waals surface area contributed by atoms with Gasteiger partial charge < -0.3 is 19.4 Å². The maximum Gasteiger partial charge on any atom is 0.441 e. The lowest BCUT2D eigenvalue weighted by Gasteiger charge is -2.23. The molecule has 0 radical (unpaired) electrons. The Labute approximate surface area is 152 Å². The van der Waals surface area contributed by atoms with Crippen LogP contribution in [0.5, 0.6) is 5.75 Å². The van der Waals surface area contributed by atoms with Crippen molar-refractivity contribution in [3.63, 3.8) is 0 Å². The van der Waals surface area contributed by atoms with Crippen LogP contribution in [-0.4, -0.2) is 23.6 Å². The van der Waals surface area contributed by atoms with E-state index in [9.17, 15) is 23.5 Å². The van der Waals surface area contributed by atoms with Crippen molar-refractivity contribution in [1.82, 2.24) is 0 Å². The normalized spacial score (nSPS) is 12.0. The Morgan fingerprint density at radius 3 is 2.18 bits per heavy atom. The quantitative estimate of drug-likeness (QED) is 0.435. The van der Waals surface area contributed by atoms with E-state index in [1.54, 1.807) is 43.4 Å². The second-order valence-electron chi connectivity index (χ2n) is 5.17. The zero-order valence-corrected chi connectivity index (χ0v) is 16.0. The molecule has 0 amide bonds. The number of alkyl halides is 2. The second kappa shape index (κ2) is 6.81. The SMILES string of the molecule is CC(C)(C)OC(=O)c1cc(I)cc(I)c1OC(F)(F)C(=O)[O-]. The number of rotatable bonds is 4. The lowest BCUT2D eigenvalue weighted by molar-refractivity contribution is -0.350. The van der Waals surface area contributed by atoms with Crippen LogP contribution in [0.2, 0.25) is 0 Å². The van der Waals surface area contributed by atoms with Gasteiger partial charge in [-0.05, 0) is 78.1 Å². The van der Waals surface area contributed by atoms with Crippen LogP contribution in [0.15, 0.2) is 12.1 Å². The fraction of sp³-hybridized carbons (Fsp3) is 0.385. The fourth-order valence-corrected chi connectivity index (χ4v) is 3.27. The monoisotopic (exact) mass is 539 g/mol. The van der Waals surface area contributed by atoms with Gasteiger partial charge in [-0.15, -0.1) is 0 Å². The van der Waals surface area contributed by atoms with Crippen LogP contribution in [0, 0.1) is 7.14 Å². The summed E-state index contributed by atoms with van der Waals surface area (Å²) in [6.45, 7) is 4.83. The van der Waals surface area contributed by atoms with E-state index in [0.717, 1.165) is 0 Å². The van der Waals surface area contributed by atoms with Crippen LogP contribution in [0.3, 0.4) is 0 Å². The lowest BCUT2D eigenvalue weighted by atomic mass is 10.1. The standard InChI is InChI=1S/C13H12F2I2O5/c1-12(2,3)22-10(18)7-4-6(16)5-8(17)9(7)21-13(14,15)11(19)20/h4-5H,1-3H3,(H,19,20)/p-1. The molecule has 0 heterocycles. The van der Waals surface area contributed by atoms with Gasteiger partial charge in [0.2, 0.25) is 0 Å². The number of benzene rings is 1. The Bertz CT molecular complexity index is 611. The van der Waals surface area contributed by atoms with E-state index >= 15 is 0 Å². The van der Waals surface area contributed by atoms with Crippen LogP contribution in [0.4, 0.5) is 8.78 Å². The number of esters is 1. The Kier molecular flexibility index (Phi) is 5.98. The third-order valence-electron chi connectivity index (χ3n) is 2.10. The third-order valence-corrected chi connectivity index (χ3v) is 3.52. The average molecular weight is 539 g/mol. The molecular formula is C13H11F2I2O5-. The molecule has 0 aromatic heterocycles. The number of halogens is 4. The van der Waals surface area contributed by atoms with E-state index in [2.05, 4.69) is 4.74 Å². The largest absolute Gasteiger partial charge is 0.541 e. The first kappa shape index (κ1) is 19.3. The van der Waals surface area contributed by atoms with Gasteiger partial charge in [0, 0.05) is 3.57 Å². The highest BCUT2D eigenvalue weighted by Gasteiger charge is 2.37. The van der Waals surface area contributed by atoms with Crippen LogP contribution < -0.4 is 9.84 Å². The highest BCUT2D eigenvalue weighted by Crippen LogP contribution is 2.33. The lowest BCUT2D eigenvalue weighted by Crippen LogP contribution is -2.46. The Morgan fingerprint density at radius 2 is 1.73 bits per heavy atom. The van der Waals surface area contributed by atoms with Crippen LogP contribution in [0.25, 0.3) is 0 Å². The van der Waals surface area contributed by atoms with Gasteiger partial charge in [0.15, 0.2) is 11.7 Å². The smallest absolute Gasteiger partial charge is 0.441 e. The van der Waals surface area contributed by atoms with Crippen molar-refractivity contribution >= 4 is 57.1 Å². The van der Waals surface area contributed by atoms with Gasteiger partial charge in [0.1, 0.15) is 11.2 Å². The molecule has 0 spiro atoms. The fourth-order valence-electron chi connectivity index (χ4n) is 1.32. The maximum atomic E-state index is 13.3. The Balaban J connectivity index is 3.33. The van der Waals surface area contributed by atoms with Crippen molar-refractivity contribution < 1.29 is 33.0 Å². The minimum atomic E-state index is -4.57. The number of hydrogen-bond acceptors (Lipinski definition) is 5. The molecule has 0 aliphatic heterocycles. The molecule has 5 nitrogen and oxygen atoms in total. The summed E-state index contributed by atoms with van der Waals surface area (Å²) in [6, 6.07) is 2.73. The van der Waals surface area contributed by atoms with E-state index < -0.39 is 29.4 Å². The predicted octanol–water partition coefficient (Wildman–Crippen LogP) is 2.57.